The SMILES string of the molecule is O=C(O)c1c(Cl)ccc(B(O)O)c1Cl. The van der Waals surface area contributed by atoms with Crippen molar-refractivity contribution in [1.29, 1.82) is 0 Å². The van der Waals surface area contributed by atoms with E-state index in [4.69, 9.17) is 38.4 Å². The smallest absolute Gasteiger partial charge is 0.478 e. The lowest BCUT2D eigenvalue weighted by Crippen LogP contribution is -2.31. The average Bonchev–Trinajstić information content (AvgIpc) is 2.02. The third-order valence-corrected chi connectivity index (χ3v) is 2.34. The summed E-state index contributed by atoms with van der Waals surface area (Å²) in [5.74, 6) is -1.32. The second-order valence-electron chi connectivity index (χ2n) is 2.50. The molecule has 0 spiro atoms. The Balaban J connectivity index is 3.41. The van der Waals surface area contributed by atoms with Crippen molar-refractivity contribution in [3.63, 3.8) is 0 Å². The molecule has 0 bridgehead atoms. The Morgan fingerprint density at radius 1 is 1.29 bits per heavy atom. The van der Waals surface area contributed by atoms with Crippen LogP contribution in [0.15, 0.2) is 12.1 Å². The second kappa shape index (κ2) is 4.19. The topological polar surface area (TPSA) is 77.8 Å². The van der Waals surface area contributed by atoms with Crippen LogP contribution < -0.4 is 5.46 Å². The molecule has 4 nitrogen and oxygen atoms in total. The lowest BCUT2D eigenvalue weighted by Gasteiger charge is -2.07. The minimum atomic E-state index is -1.82. The number of carboxylic acid groups (broad SMARTS) is 1. The molecule has 1 rings (SSSR count). The summed E-state index contributed by atoms with van der Waals surface area (Å²) >= 11 is 11.2. The molecule has 0 saturated heterocycles. The average molecular weight is 235 g/mol. The van der Waals surface area contributed by atoms with Gasteiger partial charge in [-0.05, 0) is 6.07 Å². The Labute approximate surface area is 89.8 Å². The van der Waals surface area contributed by atoms with Crippen molar-refractivity contribution in [1.82, 2.24) is 0 Å². The molecule has 0 unspecified atom stereocenters. The van der Waals surface area contributed by atoms with Crippen molar-refractivity contribution in [3.8, 4) is 0 Å². The minimum absolute atomic E-state index is 0.0492. The van der Waals surface area contributed by atoms with Gasteiger partial charge in [-0.1, -0.05) is 29.3 Å². The molecule has 3 N–H and O–H groups in total. The van der Waals surface area contributed by atoms with Crippen LogP contribution in [0.2, 0.25) is 10.0 Å². The Kier molecular flexibility index (Phi) is 3.39. The number of hydrogen-bond acceptors (Lipinski definition) is 3. The fourth-order valence-corrected chi connectivity index (χ4v) is 1.59. The van der Waals surface area contributed by atoms with Gasteiger partial charge in [-0.25, -0.2) is 4.79 Å². The van der Waals surface area contributed by atoms with Gasteiger partial charge in [0.25, 0.3) is 0 Å². The van der Waals surface area contributed by atoms with Gasteiger partial charge >= 0.3 is 13.1 Å². The molecule has 74 valence electrons. The summed E-state index contributed by atoms with van der Waals surface area (Å²) in [5.41, 5.74) is -0.424. The first kappa shape index (κ1) is 11.3. The van der Waals surface area contributed by atoms with E-state index in [2.05, 4.69) is 0 Å². The zero-order valence-electron chi connectivity index (χ0n) is 6.74. The summed E-state index contributed by atoms with van der Waals surface area (Å²) < 4.78 is 0. The van der Waals surface area contributed by atoms with Crippen molar-refractivity contribution in [3.05, 3.63) is 27.7 Å². The normalized spacial score (nSPS) is 10.0. The van der Waals surface area contributed by atoms with Crippen LogP contribution >= 0.6 is 23.2 Å². The molecular weight excluding hydrogens is 230 g/mol. The lowest BCUT2D eigenvalue weighted by atomic mass is 9.79. The predicted molar refractivity (Wildman–Crippen MR) is 53.2 cm³/mol. The van der Waals surface area contributed by atoms with Crippen molar-refractivity contribution in [2.45, 2.75) is 0 Å². The van der Waals surface area contributed by atoms with Gasteiger partial charge < -0.3 is 15.2 Å². The number of carbonyl (C=O) groups is 1. The van der Waals surface area contributed by atoms with Crippen LogP contribution in [-0.2, 0) is 0 Å². The highest BCUT2D eigenvalue weighted by Crippen LogP contribution is 2.22. The van der Waals surface area contributed by atoms with E-state index in [-0.39, 0.29) is 21.1 Å². The van der Waals surface area contributed by atoms with E-state index in [0.29, 0.717) is 0 Å². The number of benzene rings is 1. The standard InChI is InChI=1S/C7H5BCl2O4/c9-4-2-1-3(8(13)14)6(10)5(4)7(11)12/h1-2,13-14H,(H,11,12). The number of carboxylic acids is 1. The summed E-state index contributed by atoms with van der Waals surface area (Å²) in [5, 5.41) is 26.1. The van der Waals surface area contributed by atoms with E-state index in [1.807, 2.05) is 0 Å². The number of halogens is 2. The molecule has 0 aliphatic rings. The van der Waals surface area contributed by atoms with Crippen LogP contribution in [0.25, 0.3) is 0 Å². The van der Waals surface area contributed by atoms with Crippen molar-refractivity contribution in [2.24, 2.45) is 0 Å². The van der Waals surface area contributed by atoms with Crippen molar-refractivity contribution >= 4 is 41.8 Å². The van der Waals surface area contributed by atoms with E-state index >= 15 is 0 Å². The maximum absolute atomic E-state index is 10.7. The molecule has 0 radical (unpaired) electrons. The Hall–Kier alpha value is -0.745. The molecule has 1 aromatic rings. The lowest BCUT2D eigenvalue weighted by molar-refractivity contribution is 0.0697. The predicted octanol–water partition coefficient (Wildman–Crippen LogP) is 0.371. The monoisotopic (exact) mass is 234 g/mol. The first-order valence-corrected chi connectivity index (χ1v) is 4.28. The first-order chi connectivity index (χ1) is 6.45. The van der Waals surface area contributed by atoms with Crippen LogP contribution in [-0.4, -0.2) is 28.2 Å². The molecule has 1 aromatic carbocycles. The van der Waals surface area contributed by atoms with Crippen LogP contribution in [0.4, 0.5) is 0 Å². The highest BCUT2D eigenvalue weighted by atomic mass is 35.5. The third kappa shape index (κ3) is 2.01. The molecule has 0 aliphatic heterocycles. The van der Waals surface area contributed by atoms with Gasteiger partial charge in [0.15, 0.2) is 0 Å². The fraction of sp³-hybridized carbons (Fsp3) is 0. The van der Waals surface area contributed by atoms with Crippen LogP contribution in [0.5, 0.6) is 0 Å². The fourth-order valence-electron chi connectivity index (χ4n) is 0.964. The van der Waals surface area contributed by atoms with Crippen LogP contribution in [0.3, 0.4) is 0 Å². The van der Waals surface area contributed by atoms with Crippen LogP contribution in [0.1, 0.15) is 10.4 Å². The van der Waals surface area contributed by atoms with Gasteiger partial charge in [0.2, 0.25) is 0 Å². The number of aromatic carboxylic acids is 1. The largest absolute Gasteiger partial charge is 0.489 e. The maximum atomic E-state index is 10.7. The zero-order chi connectivity index (χ0) is 10.9. The first-order valence-electron chi connectivity index (χ1n) is 3.52. The van der Waals surface area contributed by atoms with Gasteiger partial charge in [-0.2, -0.15) is 0 Å². The summed E-state index contributed by atoms with van der Waals surface area (Å²) in [7, 11) is -1.82. The number of hydrogen-bond donors (Lipinski definition) is 3. The van der Waals surface area contributed by atoms with Gasteiger partial charge in [-0.15, -0.1) is 0 Å². The van der Waals surface area contributed by atoms with Gasteiger partial charge in [-0.3, -0.25) is 0 Å². The molecule has 0 atom stereocenters. The minimum Gasteiger partial charge on any atom is -0.478 e. The Morgan fingerprint density at radius 3 is 2.29 bits per heavy atom. The Bertz CT molecular complexity index is 380. The zero-order valence-corrected chi connectivity index (χ0v) is 8.25. The van der Waals surface area contributed by atoms with E-state index in [1.165, 1.54) is 12.1 Å². The summed E-state index contributed by atoms with van der Waals surface area (Å²) in [6.45, 7) is 0. The summed E-state index contributed by atoms with van der Waals surface area (Å²) in [4.78, 5) is 10.7. The van der Waals surface area contributed by atoms with E-state index in [1.54, 1.807) is 0 Å². The summed E-state index contributed by atoms with van der Waals surface area (Å²) in [6, 6.07) is 2.49. The van der Waals surface area contributed by atoms with Crippen molar-refractivity contribution in [2.75, 3.05) is 0 Å². The third-order valence-electron chi connectivity index (χ3n) is 1.61. The second-order valence-corrected chi connectivity index (χ2v) is 3.29. The van der Waals surface area contributed by atoms with Gasteiger partial charge in [0.05, 0.1) is 15.6 Å². The molecule has 7 heteroatoms. The van der Waals surface area contributed by atoms with E-state index in [9.17, 15) is 4.79 Å². The van der Waals surface area contributed by atoms with E-state index < -0.39 is 13.1 Å². The quantitative estimate of drug-likeness (QED) is 0.647. The maximum Gasteiger partial charge on any atom is 0.489 e. The molecule has 0 amide bonds. The summed E-state index contributed by atoms with van der Waals surface area (Å²) in [6.07, 6.45) is 0. The number of rotatable bonds is 2. The molecular formula is C7H5BCl2O4. The van der Waals surface area contributed by atoms with Gasteiger partial charge in [0, 0.05) is 5.46 Å². The molecule has 0 aromatic heterocycles. The molecule has 14 heavy (non-hydrogen) atoms. The van der Waals surface area contributed by atoms with Crippen molar-refractivity contribution < 1.29 is 19.9 Å². The highest BCUT2D eigenvalue weighted by Gasteiger charge is 2.22. The molecule has 0 saturated carbocycles. The van der Waals surface area contributed by atoms with Gasteiger partial charge in [0.1, 0.15) is 0 Å². The van der Waals surface area contributed by atoms with E-state index in [0.717, 1.165) is 0 Å². The Morgan fingerprint density at radius 2 is 1.86 bits per heavy atom. The highest BCUT2D eigenvalue weighted by molar-refractivity contribution is 6.63. The van der Waals surface area contributed by atoms with Crippen LogP contribution in [0, 0.1) is 0 Å². The molecule has 0 aliphatic carbocycles. The molecule has 0 heterocycles. The molecule has 0 fully saturated rings.